The van der Waals surface area contributed by atoms with Gasteiger partial charge in [-0.1, -0.05) is 36.2 Å². The molecular formula is C13H12ClN2. The highest BCUT2D eigenvalue weighted by Crippen LogP contribution is 2.40. The first-order valence-electron chi connectivity index (χ1n) is 5.58. The number of para-hydroxylation sites is 1. The van der Waals surface area contributed by atoms with Gasteiger partial charge in [-0.25, -0.2) is 4.68 Å². The third-order valence-electron chi connectivity index (χ3n) is 3.19. The van der Waals surface area contributed by atoms with Crippen LogP contribution in [0.3, 0.4) is 0 Å². The zero-order valence-corrected chi connectivity index (χ0v) is 9.61. The molecule has 2 nitrogen and oxygen atoms in total. The first kappa shape index (κ1) is 9.91. The molecule has 0 amide bonds. The Labute approximate surface area is 99.9 Å². The van der Waals surface area contributed by atoms with E-state index in [-0.39, 0.29) is 0 Å². The van der Waals surface area contributed by atoms with E-state index < -0.39 is 0 Å². The van der Waals surface area contributed by atoms with Crippen LogP contribution in [0, 0.1) is 6.20 Å². The fourth-order valence-electron chi connectivity index (χ4n) is 2.10. The molecule has 1 heterocycles. The average molecular weight is 232 g/mol. The van der Waals surface area contributed by atoms with Crippen LogP contribution in [-0.4, -0.2) is 9.78 Å². The van der Waals surface area contributed by atoms with E-state index in [1.54, 1.807) is 0 Å². The molecule has 0 unspecified atom stereocenters. The van der Waals surface area contributed by atoms with Crippen LogP contribution in [0.5, 0.6) is 0 Å². The number of hydrogen-bond acceptors (Lipinski definition) is 1. The van der Waals surface area contributed by atoms with Crippen LogP contribution in [0.15, 0.2) is 30.3 Å². The van der Waals surface area contributed by atoms with Gasteiger partial charge in [-0.05, 0) is 25.0 Å². The molecule has 1 aliphatic rings. The molecule has 1 radical (unpaired) electrons. The predicted octanol–water partition coefficient (Wildman–Crippen LogP) is 3.59. The molecule has 0 bridgehead atoms. The highest BCUT2D eigenvalue weighted by Gasteiger charge is 2.26. The summed E-state index contributed by atoms with van der Waals surface area (Å²) in [5.74, 6) is 0.562. The predicted molar refractivity (Wildman–Crippen MR) is 64.0 cm³/mol. The Kier molecular flexibility index (Phi) is 2.44. The summed E-state index contributed by atoms with van der Waals surface area (Å²) in [5.41, 5.74) is 2.19. The summed E-state index contributed by atoms with van der Waals surface area (Å²) >= 11 is 6.16. The fourth-order valence-corrected chi connectivity index (χ4v) is 2.37. The molecule has 16 heavy (non-hydrogen) atoms. The molecule has 1 aliphatic carbocycles. The number of hydrogen-bond donors (Lipinski definition) is 0. The summed E-state index contributed by atoms with van der Waals surface area (Å²) < 4.78 is 1.92. The summed E-state index contributed by atoms with van der Waals surface area (Å²) in [6, 6.07) is 10.1. The fraction of sp³-hybridized carbons (Fsp3) is 0.308. The summed E-state index contributed by atoms with van der Waals surface area (Å²) in [5, 5.41) is 4.92. The standard InChI is InChI=1S/C13H12ClN2/c14-12-9-15-16(11-7-2-1-3-8-11)13(12)10-5-4-6-10/h1-3,7-8,10H,4-6H2. The highest BCUT2D eigenvalue weighted by atomic mass is 35.5. The van der Waals surface area contributed by atoms with E-state index in [9.17, 15) is 0 Å². The third-order valence-corrected chi connectivity index (χ3v) is 3.47. The second-order valence-electron chi connectivity index (χ2n) is 4.19. The van der Waals surface area contributed by atoms with Gasteiger partial charge in [0, 0.05) is 5.92 Å². The first-order chi connectivity index (χ1) is 7.86. The van der Waals surface area contributed by atoms with Crippen molar-refractivity contribution in [1.82, 2.24) is 9.78 Å². The van der Waals surface area contributed by atoms with Gasteiger partial charge in [0.25, 0.3) is 0 Å². The molecule has 1 aromatic heterocycles. The lowest BCUT2D eigenvalue weighted by molar-refractivity contribution is 0.403. The molecule has 0 spiro atoms. The Morgan fingerprint density at radius 1 is 1.25 bits per heavy atom. The Hall–Kier alpha value is -1.28. The second-order valence-corrected chi connectivity index (χ2v) is 4.56. The number of halogens is 1. The van der Waals surface area contributed by atoms with Gasteiger partial charge in [0.2, 0.25) is 0 Å². The number of rotatable bonds is 2. The maximum absolute atomic E-state index is 6.16. The van der Waals surface area contributed by atoms with E-state index >= 15 is 0 Å². The van der Waals surface area contributed by atoms with Gasteiger partial charge in [-0.15, -0.1) is 0 Å². The van der Waals surface area contributed by atoms with Crippen LogP contribution in [0.1, 0.15) is 30.9 Å². The SMILES string of the molecule is Clc1[c]nn(-c2ccccc2)c1C1CCC1. The number of aromatic nitrogens is 2. The normalized spacial score (nSPS) is 16.1. The van der Waals surface area contributed by atoms with Crippen molar-refractivity contribution in [3.63, 3.8) is 0 Å². The van der Waals surface area contributed by atoms with Gasteiger partial charge < -0.3 is 0 Å². The topological polar surface area (TPSA) is 17.8 Å². The Morgan fingerprint density at radius 3 is 2.62 bits per heavy atom. The molecule has 2 aromatic rings. The number of benzene rings is 1. The minimum atomic E-state index is 0.562. The maximum Gasteiger partial charge on any atom is 0.133 e. The van der Waals surface area contributed by atoms with Crippen molar-refractivity contribution < 1.29 is 0 Å². The van der Waals surface area contributed by atoms with E-state index in [1.165, 1.54) is 19.3 Å². The van der Waals surface area contributed by atoms with Crippen LogP contribution in [0.4, 0.5) is 0 Å². The molecule has 0 aliphatic heterocycles. The maximum atomic E-state index is 6.16. The van der Waals surface area contributed by atoms with Gasteiger partial charge in [0.1, 0.15) is 6.20 Å². The lowest BCUT2D eigenvalue weighted by atomic mass is 9.83. The van der Waals surface area contributed by atoms with E-state index in [4.69, 9.17) is 11.6 Å². The van der Waals surface area contributed by atoms with Gasteiger partial charge in [0.15, 0.2) is 0 Å². The third kappa shape index (κ3) is 1.54. The molecule has 1 saturated carbocycles. The minimum Gasteiger partial charge on any atom is -0.235 e. The van der Waals surface area contributed by atoms with Crippen molar-refractivity contribution in [3.05, 3.63) is 47.2 Å². The van der Waals surface area contributed by atoms with Crippen LogP contribution in [0.2, 0.25) is 5.02 Å². The Balaban J connectivity index is 2.07. The second kappa shape index (κ2) is 3.95. The zero-order chi connectivity index (χ0) is 11.0. The van der Waals surface area contributed by atoms with E-state index in [1.807, 2.05) is 35.0 Å². The van der Waals surface area contributed by atoms with Gasteiger partial charge in [-0.2, -0.15) is 5.10 Å². The van der Waals surface area contributed by atoms with Crippen LogP contribution in [0.25, 0.3) is 5.69 Å². The molecule has 0 atom stereocenters. The van der Waals surface area contributed by atoms with E-state index in [0.717, 1.165) is 11.4 Å². The first-order valence-corrected chi connectivity index (χ1v) is 5.95. The largest absolute Gasteiger partial charge is 0.235 e. The molecule has 0 saturated heterocycles. The van der Waals surface area contributed by atoms with E-state index in [2.05, 4.69) is 11.3 Å². The molecule has 1 fully saturated rings. The monoisotopic (exact) mass is 231 g/mol. The van der Waals surface area contributed by atoms with Crippen LogP contribution >= 0.6 is 11.6 Å². The Bertz CT molecular complexity index is 486. The van der Waals surface area contributed by atoms with Crippen molar-refractivity contribution in [3.8, 4) is 5.69 Å². The van der Waals surface area contributed by atoms with Crippen molar-refractivity contribution in [2.45, 2.75) is 25.2 Å². The van der Waals surface area contributed by atoms with Crippen LogP contribution in [-0.2, 0) is 0 Å². The molecular weight excluding hydrogens is 220 g/mol. The molecule has 1 aromatic carbocycles. The summed E-state index contributed by atoms with van der Waals surface area (Å²) in [7, 11) is 0. The smallest absolute Gasteiger partial charge is 0.133 e. The zero-order valence-electron chi connectivity index (χ0n) is 8.86. The summed E-state index contributed by atoms with van der Waals surface area (Å²) in [6.07, 6.45) is 6.58. The van der Waals surface area contributed by atoms with Gasteiger partial charge >= 0.3 is 0 Å². The van der Waals surface area contributed by atoms with Gasteiger partial charge in [0.05, 0.1) is 16.4 Å². The molecule has 81 valence electrons. The lowest BCUT2D eigenvalue weighted by Gasteiger charge is -2.26. The Morgan fingerprint density at radius 2 is 2.00 bits per heavy atom. The van der Waals surface area contributed by atoms with Crippen LogP contribution < -0.4 is 0 Å². The minimum absolute atomic E-state index is 0.562. The summed E-state index contributed by atoms with van der Waals surface area (Å²) in [6.45, 7) is 0. The average Bonchev–Trinajstić information content (AvgIpc) is 2.60. The van der Waals surface area contributed by atoms with Crippen molar-refractivity contribution >= 4 is 11.6 Å². The molecule has 3 heteroatoms. The van der Waals surface area contributed by atoms with Crippen molar-refractivity contribution in [2.75, 3.05) is 0 Å². The highest BCUT2D eigenvalue weighted by molar-refractivity contribution is 6.31. The lowest BCUT2D eigenvalue weighted by Crippen LogP contribution is -2.14. The summed E-state index contributed by atoms with van der Waals surface area (Å²) in [4.78, 5) is 0. The quantitative estimate of drug-likeness (QED) is 0.772. The molecule has 0 N–H and O–H groups in total. The van der Waals surface area contributed by atoms with E-state index in [0.29, 0.717) is 10.9 Å². The molecule has 3 rings (SSSR count). The number of nitrogens with zero attached hydrogens (tertiary/aromatic N) is 2. The van der Waals surface area contributed by atoms with Crippen molar-refractivity contribution in [2.24, 2.45) is 0 Å². The van der Waals surface area contributed by atoms with Crippen molar-refractivity contribution in [1.29, 1.82) is 0 Å². The van der Waals surface area contributed by atoms with Gasteiger partial charge in [-0.3, -0.25) is 0 Å².